The molecule has 5 rings (SSSR count). The zero-order valence-corrected chi connectivity index (χ0v) is 24.1. The standard InChI is InChI=1S/C29H29F3N4O6S/c1-18(29(30,31)32)34-16-36(24-20-8-4-3-7-19(20)15-43-23-10-6-5-9-21(23)24)35-13-11-22(37)26(25(35)27(34)38)41-17-42-28(39)33-12-14-40-2/h3-11,13,18,24H,12,14-17H2,1-2H3,(H,33,39)/t18-,24+/m1/s1. The lowest BCUT2D eigenvalue weighted by Gasteiger charge is -2.46. The number of amides is 2. The van der Waals surface area contributed by atoms with Crippen molar-refractivity contribution in [2.24, 2.45) is 0 Å². The van der Waals surface area contributed by atoms with Gasteiger partial charge < -0.3 is 24.4 Å². The number of methoxy groups -OCH3 is 1. The maximum absolute atomic E-state index is 14.1. The lowest BCUT2D eigenvalue weighted by molar-refractivity contribution is -0.173. The molecule has 228 valence electrons. The Bertz CT molecular complexity index is 1520. The number of hydrogen-bond acceptors (Lipinski definition) is 8. The number of nitrogens with zero attached hydrogens (tertiary/aromatic N) is 3. The Balaban J connectivity index is 1.62. The van der Waals surface area contributed by atoms with Crippen molar-refractivity contribution >= 4 is 23.8 Å². The van der Waals surface area contributed by atoms with E-state index in [1.54, 1.807) is 16.8 Å². The van der Waals surface area contributed by atoms with Crippen LogP contribution in [0.5, 0.6) is 5.75 Å². The molecule has 10 nitrogen and oxygen atoms in total. The van der Waals surface area contributed by atoms with Crippen molar-refractivity contribution in [1.29, 1.82) is 0 Å². The average Bonchev–Trinajstić information content (AvgIpc) is 3.15. The monoisotopic (exact) mass is 618 g/mol. The molecule has 43 heavy (non-hydrogen) atoms. The number of fused-ring (bicyclic) bond motifs is 3. The van der Waals surface area contributed by atoms with E-state index in [0.29, 0.717) is 10.7 Å². The van der Waals surface area contributed by atoms with E-state index in [1.165, 1.54) is 18.0 Å². The minimum absolute atomic E-state index is 0.152. The van der Waals surface area contributed by atoms with Gasteiger partial charge in [-0.15, -0.1) is 11.8 Å². The van der Waals surface area contributed by atoms with Gasteiger partial charge in [0.05, 0.1) is 12.6 Å². The lowest BCUT2D eigenvalue weighted by Crippen LogP contribution is -2.60. The number of aromatic nitrogens is 1. The number of pyridine rings is 1. The van der Waals surface area contributed by atoms with Crippen molar-refractivity contribution in [1.82, 2.24) is 14.9 Å². The van der Waals surface area contributed by atoms with Crippen LogP contribution in [0.1, 0.15) is 40.1 Å². The highest BCUT2D eigenvalue weighted by Gasteiger charge is 2.47. The molecular weight excluding hydrogens is 589 g/mol. The molecule has 0 unspecified atom stereocenters. The van der Waals surface area contributed by atoms with Crippen molar-refractivity contribution in [3.05, 3.63) is 93.4 Å². The van der Waals surface area contributed by atoms with E-state index < -0.39 is 60.6 Å². The first kappa shape index (κ1) is 30.3. The fourth-order valence-electron chi connectivity index (χ4n) is 5.03. The zero-order valence-electron chi connectivity index (χ0n) is 23.3. The van der Waals surface area contributed by atoms with E-state index in [4.69, 9.17) is 14.2 Å². The third-order valence-corrected chi connectivity index (χ3v) is 8.37. The smallest absolute Gasteiger partial charge is 0.410 e. The third kappa shape index (κ3) is 6.15. The van der Waals surface area contributed by atoms with Crippen LogP contribution in [0.4, 0.5) is 18.0 Å². The highest BCUT2D eigenvalue weighted by Crippen LogP contribution is 2.43. The van der Waals surface area contributed by atoms with Crippen molar-refractivity contribution in [2.75, 3.05) is 38.7 Å². The summed E-state index contributed by atoms with van der Waals surface area (Å²) in [6.07, 6.45) is -4.27. The molecule has 2 amide bonds. The fourth-order valence-corrected chi connectivity index (χ4v) is 6.12. The number of halogens is 3. The number of alkyl carbamates (subject to hydrolysis) is 1. The molecule has 0 saturated heterocycles. The first-order chi connectivity index (χ1) is 20.6. The summed E-state index contributed by atoms with van der Waals surface area (Å²) in [7, 11) is 1.45. The van der Waals surface area contributed by atoms with Gasteiger partial charge in [0.2, 0.25) is 18.0 Å². The molecule has 2 aliphatic rings. The van der Waals surface area contributed by atoms with Gasteiger partial charge >= 0.3 is 12.3 Å². The van der Waals surface area contributed by atoms with E-state index in [0.717, 1.165) is 34.6 Å². The molecule has 0 spiro atoms. The summed E-state index contributed by atoms with van der Waals surface area (Å²) >= 11 is 1.61. The van der Waals surface area contributed by atoms with Crippen LogP contribution in [0.3, 0.4) is 0 Å². The summed E-state index contributed by atoms with van der Waals surface area (Å²) in [6, 6.07) is 13.5. The van der Waals surface area contributed by atoms with Gasteiger partial charge in [0, 0.05) is 36.6 Å². The summed E-state index contributed by atoms with van der Waals surface area (Å²) < 4.78 is 59.0. The predicted molar refractivity (Wildman–Crippen MR) is 152 cm³/mol. The van der Waals surface area contributed by atoms with Gasteiger partial charge in [-0.2, -0.15) is 13.2 Å². The van der Waals surface area contributed by atoms with E-state index >= 15 is 0 Å². The molecule has 2 aliphatic heterocycles. The Kier molecular flexibility index (Phi) is 8.87. The van der Waals surface area contributed by atoms with Gasteiger partial charge in [-0.25, -0.2) is 4.79 Å². The number of benzene rings is 2. The molecule has 0 aliphatic carbocycles. The molecule has 3 heterocycles. The van der Waals surface area contributed by atoms with Crippen LogP contribution in [0.25, 0.3) is 0 Å². The molecular formula is C29H29F3N4O6S. The molecule has 0 bridgehead atoms. The Labute approximate surface area is 249 Å². The van der Waals surface area contributed by atoms with Crippen molar-refractivity contribution in [3.8, 4) is 5.75 Å². The first-order valence-corrected chi connectivity index (χ1v) is 14.3. The topological polar surface area (TPSA) is 102 Å². The number of alkyl halides is 3. The Hall–Kier alpha value is -4.17. The van der Waals surface area contributed by atoms with Crippen LogP contribution in [0.2, 0.25) is 0 Å². The molecule has 1 aromatic heterocycles. The second-order valence-electron chi connectivity index (χ2n) is 9.82. The highest BCUT2D eigenvalue weighted by atomic mass is 32.2. The number of thioether (sulfide) groups is 1. The van der Waals surface area contributed by atoms with E-state index in [9.17, 15) is 27.6 Å². The van der Waals surface area contributed by atoms with Crippen LogP contribution in [-0.4, -0.2) is 67.5 Å². The van der Waals surface area contributed by atoms with Gasteiger partial charge in [-0.3, -0.25) is 19.3 Å². The number of carbonyl (C=O) groups excluding carboxylic acids is 2. The average molecular weight is 619 g/mol. The predicted octanol–water partition coefficient (Wildman–Crippen LogP) is 4.25. The molecule has 14 heteroatoms. The third-order valence-electron chi connectivity index (χ3n) is 7.23. The number of hydrogen-bond donors (Lipinski definition) is 1. The molecule has 0 fully saturated rings. The molecule has 0 radical (unpaired) electrons. The fraction of sp³-hybridized carbons (Fsp3) is 0.345. The quantitative estimate of drug-likeness (QED) is 0.295. The number of rotatable bonds is 8. The summed E-state index contributed by atoms with van der Waals surface area (Å²) in [5, 5.41) is 4.03. The summed E-state index contributed by atoms with van der Waals surface area (Å²) in [5.41, 5.74) is 1.48. The molecule has 3 aromatic rings. The van der Waals surface area contributed by atoms with Gasteiger partial charge in [0.1, 0.15) is 12.7 Å². The van der Waals surface area contributed by atoms with Crippen LogP contribution < -0.4 is 20.5 Å². The van der Waals surface area contributed by atoms with Crippen LogP contribution in [0.15, 0.2) is 70.5 Å². The molecule has 0 saturated carbocycles. The summed E-state index contributed by atoms with van der Waals surface area (Å²) in [6.45, 7) is 0.0713. The van der Waals surface area contributed by atoms with Crippen molar-refractivity contribution in [3.63, 3.8) is 0 Å². The maximum atomic E-state index is 14.1. The van der Waals surface area contributed by atoms with Crippen LogP contribution in [0, 0.1) is 0 Å². The van der Waals surface area contributed by atoms with Gasteiger partial charge in [0.25, 0.3) is 5.91 Å². The van der Waals surface area contributed by atoms with Crippen LogP contribution >= 0.6 is 11.8 Å². The Morgan fingerprint density at radius 3 is 2.56 bits per heavy atom. The lowest BCUT2D eigenvalue weighted by atomic mass is 9.94. The number of nitrogens with one attached hydrogen (secondary N) is 1. The second kappa shape index (κ2) is 12.6. The van der Waals surface area contributed by atoms with Crippen molar-refractivity contribution < 1.29 is 37.0 Å². The van der Waals surface area contributed by atoms with Gasteiger partial charge in [0.15, 0.2) is 5.69 Å². The second-order valence-corrected chi connectivity index (χ2v) is 10.8. The van der Waals surface area contributed by atoms with E-state index in [2.05, 4.69) is 5.32 Å². The zero-order chi connectivity index (χ0) is 30.7. The summed E-state index contributed by atoms with van der Waals surface area (Å²) in [5.74, 6) is -0.956. The molecule has 2 atom stereocenters. The Morgan fingerprint density at radius 2 is 1.81 bits per heavy atom. The minimum Gasteiger partial charge on any atom is -0.451 e. The first-order valence-electron chi connectivity index (χ1n) is 13.3. The Morgan fingerprint density at radius 1 is 1.09 bits per heavy atom. The SMILES string of the molecule is COCCNC(=O)OCOc1c2n(ccc1=O)N([C@H]1c3ccccc3CSc3ccccc31)CN([C@H](C)C(F)(F)F)C2=O. The van der Waals surface area contributed by atoms with Gasteiger partial charge in [-0.1, -0.05) is 42.5 Å². The summed E-state index contributed by atoms with van der Waals surface area (Å²) in [4.78, 5) is 40.3. The molecule has 1 N–H and O–H groups in total. The van der Waals surface area contributed by atoms with Crippen molar-refractivity contribution in [2.45, 2.75) is 35.8 Å². The molecule has 2 aromatic carbocycles. The minimum atomic E-state index is -4.75. The normalized spacial score (nSPS) is 16.9. The highest BCUT2D eigenvalue weighted by molar-refractivity contribution is 7.98. The van der Waals surface area contributed by atoms with Crippen LogP contribution in [-0.2, 0) is 15.2 Å². The number of carbonyl (C=O) groups is 2. The largest absolute Gasteiger partial charge is 0.451 e. The van der Waals surface area contributed by atoms with E-state index in [1.807, 2.05) is 48.5 Å². The van der Waals surface area contributed by atoms with E-state index in [-0.39, 0.29) is 13.2 Å². The maximum Gasteiger partial charge on any atom is 0.410 e. The number of ether oxygens (including phenoxy) is 3. The van der Waals surface area contributed by atoms with Gasteiger partial charge in [-0.05, 0) is 29.7 Å².